The SMILES string of the molecule is c1ccc(-c2nc(-c3ccc4c(ccc5ccc6oc7ccccc7c6c54)c3)nc(-c3ccc4c(c3)oc3ccccc34)n2)cc1. The van der Waals surface area contributed by atoms with E-state index in [-0.39, 0.29) is 0 Å². The van der Waals surface area contributed by atoms with Gasteiger partial charge >= 0.3 is 0 Å². The summed E-state index contributed by atoms with van der Waals surface area (Å²) in [7, 11) is 0. The molecule has 214 valence electrons. The van der Waals surface area contributed by atoms with Crippen molar-refractivity contribution in [1.82, 2.24) is 15.0 Å². The molecule has 3 heterocycles. The van der Waals surface area contributed by atoms with Gasteiger partial charge in [-0.05, 0) is 52.6 Å². The van der Waals surface area contributed by atoms with Crippen LogP contribution in [0.2, 0.25) is 0 Å². The zero-order valence-corrected chi connectivity index (χ0v) is 24.4. The highest BCUT2D eigenvalue weighted by Gasteiger charge is 2.17. The van der Waals surface area contributed by atoms with Crippen molar-refractivity contribution in [3.8, 4) is 34.2 Å². The molecular formula is C41H23N3O2. The molecule has 0 spiro atoms. The summed E-state index contributed by atoms with van der Waals surface area (Å²) in [4.78, 5) is 15.0. The minimum Gasteiger partial charge on any atom is -0.456 e. The maximum Gasteiger partial charge on any atom is 0.164 e. The smallest absolute Gasteiger partial charge is 0.164 e. The van der Waals surface area contributed by atoms with Crippen molar-refractivity contribution in [3.05, 3.63) is 140 Å². The van der Waals surface area contributed by atoms with Gasteiger partial charge in [0.25, 0.3) is 0 Å². The van der Waals surface area contributed by atoms with Crippen LogP contribution >= 0.6 is 0 Å². The monoisotopic (exact) mass is 589 g/mol. The van der Waals surface area contributed by atoms with Gasteiger partial charge in [-0.3, -0.25) is 0 Å². The van der Waals surface area contributed by atoms with Gasteiger partial charge in [0.15, 0.2) is 17.5 Å². The van der Waals surface area contributed by atoms with E-state index >= 15 is 0 Å². The summed E-state index contributed by atoms with van der Waals surface area (Å²) in [6.07, 6.45) is 0. The predicted molar refractivity (Wildman–Crippen MR) is 186 cm³/mol. The molecule has 0 bridgehead atoms. The molecular weight excluding hydrogens is 566 g/mol. The van der Waals surface area contributed by atoms with E-state index in [0.717, 1.165) is 71.3 Å². The zero-order chi connectivity index (χ0) is 30.2. The maximum absolute atomic E-state index is 6.22. The van der Waals surface area contributed by atoms with E-state index in [1.54, 1.807) is 0 Å². The first kappa shape index (κ1) is 25.0. The molecule has 0 unspecified atom stereocenters. The topological polar surface area (TPSA) is 65.0 Å². The minimum atomic E-state index is 0.594. The van der Waals surface area contributed by atoms with E-state index in [0.29, 0.717) is 17.5 Å². The van der Waals surface area contributed by atoms with Gasteiger partial charge in [-0.1, -0.05) is 103 Å². The Bertz CT molecular complexity index is 2810. The number of aromatic nitrogens is 3. The fourth-order valence-electron chi connectivity index (χ4n) is 6.72. The summed E-state index contributed by atoms with van der Waals surface area (Å²) in [6, 6.07) is 47.6. The van der Waals surface area contributed by atoms with Crippen LogP contribution in [-0.2, 0) is 0 Å². The Morgan fingerprint density at radius 1 is 0.326 bits per heavy atom. The fourth-order valence-corrected chi connectivity index (χ4v) is 6.72. The number of benzene rings is 7. The molecule has 0 saturated carbocycles. The summed E-state index contributed by atoms with van der Waals surface area (Å²) in [6.45, 7) is 0. The maximum atomic E-state index is 6.22. The Morgan fingerprint density at radius 2 is 0.891 bits per heavy atom. The van der Waals surface area contributed by atoms with Crippen molar-refractivity contribution in [2.75, 3.05) is 0 Å². The summed E-state index contributed by atoms with van der Waals surface area (Å²) in [5.74, 6) is 1.83. The highest BCUT2D eigenvalue weighted by molar-refractivity contribution is 6.26. The predicted octanol–water partition coefficient (Wildman–Crippen LogP) is 11.0. The Labute approximate surface area is 262 Å². The van der Waals surface area contributed by atoms with Gasteiger partial charge in [0, 0.05) is 43.6 Å². The molecule has 0 aliphatic heterocycles. The number of hydrogen-bond acceptors (Lipinski definition) is 5. The molecule has 10 rings (SSSR count). The van der Waals surface area contributed by atoms with Crippen LogP contribution in [0, 0.1) is 0 Å². The summed E-state index contributed by atoms with van der Waals surface area (Å²) < 4.78 is 12.4. The van der Waals surface area contributed by atoms with Gasteiger partial charge in [0.1, 0.15) is 22.3 Å². The second kappa shape index (κ2) is 9.58. The highest BCUT2D eigenvalue weighted by atomic mass is 16.3. The molecule has 3 aromatic heterocycles. The lowest BCUT2D eigenvalue weighted by Gasteiger charge is -2.10. The second-order valence-electron chi connectivity index (χ2n) is 11.6. The quantitative estimate of drug-likeness (QED) is 0.192. The van der Waals surface area contributed by atoms with Crippen molar-refractivity contribution < 1.29 is 8.83 Å². The average molecular weight is 590 g/mol. The average Bonchev–Trinajstić information content (AvgIpc) is 3.69. The first-order valence-corrected chi connectivity index (χ1v) is 15.3. The van der Waals surface area contributed by atoms with Gasteiger partial charge in [0.05, 0.1) is 0 Å². The highest BCUT2D eigenvalue weighted by Crippen LogP contribution is 2.39. The molecule has 0 N–H and O–H groups in total. The molecule has 0 aliphatic carbocycles. The van der Waals surface area contributed by atoms with Crippen LogP contribution in [0.25, 0.3) is 99.6 Å². The van der Waals surface area contributed by atoms with Gasteiger partial charge in [-0.2, -0.15) is 0 Å². The van der Waals surface area contributed by atoms with Crippen molar-refractivity contribution >= 4 is 65.4 Å². The molecule has 46 heavy (non-hydrogen) atoms. The van der Waals surface area contributed by atoms with Crippen molar-refractivity contribution in [2.24, 2.45) is 0 Å². The Hall–Kier alpha value is -6.33. The molecule has 10 aromatic rings. The van der Waals surface area contributed by atoms with Crippen LogP contribution in [0.4, 0.5) is 0 Å². The van der Waals surface area contributed by atoms with Gasteiger partial charge in [0.2, 0.25) is 0 Å². The van der Waals surface area contributed by atoms with Crippen molar-refractivity contribution in [3.63, 3.8) is 0 Å². The first-order chi connectivity index (χ1) is 22.8. The normalized spacial score (nSPS) is 11.9. The van der Waals surface area contributed by atoms with Crippen LogP contribution in [0.15, 0.2) is 148 Å². The zero-order valence-electron chi connectivity index (χ0n) is 24.4. The Kier molecular flexibility index (Phi) is 5.22. The third kappa shape index (κ3) is 3.79. The van der Waals surface area contributed by atoms with Gasteiger partial charge in [-0.15, -0.1) is 0 Å². The lowest BCUT2D eigenvalue weighted by molar-refractivity contribution is 0.668. The number of para-hydroxylation sites is 2. The minimum absolute atomic E-state index is 0.594. The van der Waals surface area contributed by atoms with Gasteiger partial charge < -0.3 is 8.83 Å². The molecule has 0 fully saturated rings. The molecule has 0 aliphatic rings. The fraction of sp³-hybridized carbons (Fsp3) is 0. The summed E-state index contributed by atoms with van der Waals surface area (Å²) in [5, 5.41) is 9.05. The van der Waals surface area contributed by atoms with Gasteiger partial charge in [-0.25, -0.2) is 15.0 Å². The molecule has 0 saturated heterocycles. The van der Waals surface area contributed by atoms with Crippen LogP contribution < -0.4 is 0 Å². The number of nitrogens with zero attached hydrogens (tertiary/aromatic N) is 3. The largest absolute Gasteiger partial charge is 0.456 e. The standard InChI is InChI=1S/C41H23N3O2/c1-2-8-25(9-3-1)39-42-40(44-41(43-39)28-17-20-31-30-10-4-6-12-33(30)46-36(31)23-28)27-16-19-29-26(22-27)15-14-24-18-21-35-38(37(24)29)32-11-5-7-13-34(32)45-35/h1-23H. The third-order valence-corrected chi connectivity index (χ3v) is 8.90. The Morgan fingerprint density at radius 3 is 1.70 bits per heavy atom. The lowest BCUT2D eigenvalue weighted by Crippen LogP contribution is -2.00. The van der Waals surface area contributed by atoms with E-state index in [9.17, 15) is 0 Å². The van der Waals surface area contributed by atoms with Crippen LogP contribution in [0.3, 0.4) is 0 Å². The molecule has 5 heteroatoms. The van der Waals surface area contributed by atoms with Crippen molar-refractivity contribution in [2.45, 2.75) is 0 Å². The number of rotatable bonds is 3. The second-order valence-corrected chi connectivity index (χ2v) is 11.6. The van der Waals surface area contributed by atoms with E-state index in [1.807, 2.05) is 66.7 Å². The molecule has 5 nitrogen and oxygen atoms in total. The first-order valence-electron chi connectivity index (χ1n) is 15.3. The summed E-state index contributed by atoms with van der Waals surface area (Å²) in [5.41, 5.74) is 6.17. The van der Waals surface area contributed by atoms with E-state index in [2.05, 4.69) is 72.8 Å². The van der Waals surface area contributed by atoms with Crippen LogP contribution in [-0.4, -0.2) is 15.0 Å². The van der Waals surface area contributed by atoms with Crippen LogP contribution in [0.5, 0.6) is 0 Å². The number of furan rings is 2. The molecule has 7 aromatic carbocycles. The molecule has 0 atom stereocenters. The van der Waals surface area contributed by atoms with E-state index in [1.165, 1.54) is 10.8 Å². The lowest BCUT2D eigenvalue weighted by atomic mass is 9.96. The number of fused-ring (bicyclic) bond motifs is 10. The molecule has 0 amide bonds. The summed E-state index contributed by atoms with van der Waals surface area (Å²) >= 11 is 0. The van der Waals surface area contributed by atoms with Crippen molar-refractivity contribution in [1.29, 1.82) is 0 Å². The number of hydrogen-bond donors (Lipinski definition) is 0. The van der Waals surface area contributed by atoms with E-state index in [4.69, 9.17) is 23.8 Å². The third-order valence-electron chi connectivity index (χ3n) is 8.90. The van der Waals surface area contributed by atoms with Crippen LogP contribution in [0.1, 0.15) is 0 Å². The molecule has 0 radical (unpaired) electrons. The van der Waals surface area contributed by atoms with E-state index < -0.39 is 0 Å². The Balaban J connectivity index is 1.18.